The van der Waals surface area contributed by atoms with Gasteiger partial charge in [0.2, 0.25) is 5.91 Å². The van der Waals surface area contributed by atoms with Crippen LogP contribution in [0.15, 0.2) is 84.6 Å². The standard InChI is InChI=1S/C30H34N4OS/c1-22-11-6-7-15-26(22)29(30(35)32-24-12-4-3-5-13-24)34(20-25-14-10-18-36-25)23(2)19-33-21-31-27-16-8-9-17-28(27)33/h6-11,14-18,21,24,29H,2-5,12-13,19-20H2,1H3,(H,32,35). The fraction of sp³-hybridized carbons (Fsp3) is 0.333. The number of hydrogen-bond donors (Lipinski definition) is 1. The fourth-order valence-corrected chi connectivity index (χ4v) is 5.95. The molecule has 0 bridgehead atoms. The van der Waals surface area contributed by atoms with Gasteiger partial charge in [-0.05, 0) is 54.5 Å². The van der Waals surface area contributed by atoms with Crippen molar-refractivity contribution in [1.82, 2.24) is 19.8 Å². The van der Waals surface area contributed by atoms with Crippen LogP contribution in [0.1, 0.15) is 54.1 Å². The molecule has 4 aromatic rings. The number of carbonyl (C=O) groups excluding carboxylic acids is 1. The van der Waals surface area contributed by atoms with Crippen LogP contribution in [0, 0.1) is 6.92 Å². The molecule has 2 heterocycles. The predicted octanol–water partition coefficient (Wildman–Crippen LogP) is 6.61. The van der Waals surface area contributed by atoms with E-state index >= 15 is 0 Å². The van der Waals surface area contributed by atoms with Crippen LogP contribution in [-0.4, -0.2) is 26.4 Å². The van der Waals surface area contributed by atoms with E-state index in [2.05, 4.69) is 69.0 Å². The molecule has 1 aliphatic carbocycles. The van der Waals surface area contributed by atoms with Crippen molar-refractivity contribution < 1.29 is 4.79 Å². The molecule has 6 heteroatoms. The topological polar surface area (TPSA) is 50.2 Å². The Morgan fingerprint density at radius 2 is 1.89 bits per heavy atom. The second-order valence-electron chi connectivity index (χ2n) is 9.74. The van der Waals surface area contributed by atoms with Crippen LogP contribution >= 0.6 is 11.3 Å². The van der Waals surface area contributed by atoms with E-state index in [1.807, 2.05) is 36.7 Å². The molecule has 0 spiro atoms. The highest BCUT2D eigenvalue weighted by atomic mass is 32.1. The van der Waals surface area contributed by atoms with Gasteiger partial charge in [-0.15, -0.1) is 11.3 Å². The summed E-state index contributed by atoms with van der Waals surface area (Å²) in [6.45, 7) is 7.80. The molecular formula is C30H34N4OS. The first-order chi connectivity index (χ1) is 17.6. The van der Waals surface area contributed by atoms with E-state index in [1.165, 1.54) is 24.1 Å². The third-order valence-electron chi connectivity index (χ3n) is 7.19. The zero-order valence-electron chi connectivity index (χ0n) is 20.9. The molecule has 0 radical (unpaired) electrons. The summed E-state index contributed by atoms with van der Waals surface area (Å²) in [6, 6.07) is 20.3. The number of carbonyl (C=O) groups is 1. The SMILES string of the molecule is C=C(Cn1cnc2ccccc21)N(Cc1cccs1)C(C(=O)NC1CCCCC1)c1ccccc1C. The first kappa shape index (κ1) is 24.3. The lowest BCUT2D eigenvalue weighted by atomic mass is 9.94. The van der Waals surface area contributed by atoms with Crippen molar-refractivity contribution in [2.24, 2.45) is 0 Å². The molecule has 36 heavy (non-hydrogen) atoms. The summed E-state index contributed by atoms with van der Waals surface area (Å²) in [4.78, 5) is 22.0. The molecule has 2 aromatic carbocycles. The van der Waals surface area contributed by atoms with Crippen molar-refractivity contribution in [3.63, 3.8) is 0 Å². The largest absolute Gasteiger partial charge is 0.353 e. The van der Waals surface area contributed by atoms with Crippen molar-refractivity contribution in [1.29, 1.82) is 0 Å². The molecule has 1 fully saturated rings. The van der Waals surface area contributed by atoms with E-state index in [-0.39, 0.29) is 11.9 Å². The molecule has 0 saturated heterocycles. The van der Waals surface area contributed by atoms with Crippen LogP contribution in [0.25, 0.3) is 11.0 Å². The van der Waals surface area contributed by atoms with Gasteiger partial charge < -0.3 is 14.8 Å². The monoisotopic (exact) mass is 498 g/mol. The molecule has 1 aliphatic rings. The smallest absolute Gasteiger partial charge is 0.247 e. The number of fused-ring (bicyclic) bond motifs is 1. The minimum absolute atomic E-state index is 0.0596. The molecule has 1 amide bonds. The number of rotatable bonds is 9. The van der Waals surface area contributed by atoms with Crippen LogP contribution in [0.3, 0.4) is 0 Å². The minimum atomic E-state index is -0.461. The minimum Gasteiger partial charge on any atom is -0.353 e. The summed E-state index contributed by atoms with van der Waals surface area (Å²) < 4.78 is 2.12. The predicted molar refractivity (Wildman–Crippen MR) is 148 cm³/mol. The number of nitrogens with zero attached hydrogens (tertiary/aromatic N) is 3. The van der Waals surface area contributed by atoms with Gasteiger partial charge >= 0.3 is 0 Å². The summed E-state index contributed by atoms with van der Waals surface area (Å²) >= 11 is 1.71. The van der Waals surface area contributed by atoms with Gasteiger partial charge in [0.15, 0.2) is 0 Å². The van der Waals surface area contributed by atoms with Gasteiger partial charge in [0.1, 0.15) is 6.04 Å². The van der Waals surface area contributed by atoms with Gasteiger partial charge in [0.05, 0.1) is 30.5 Å². The molecule has 1 atom stereocenters. The van der Waals surface area contributed by atoms with E-state index < -0.39 is 6.04 Å². The van der Waals surface area contributed by atoms with Crippen LogP contribution in [0.2, 0.25) is 0 Å². The Morgan fingerprint density at radius 3 is 2.67 bits per heavy atom. The van der Waals surface area contributed by atoms with Crippen molar-refractivity contribution in [3.05, 3.63) is 101 Å². The van der Waals surface area contributed by atoms with Crippen molar-refractivity contribution in [2.75, 3.05) is 0 Å². The van der Waals surface area contributed by atoms with Gasteiger partial charge in [0, 0.05) is 16.6 Å². The number of imidazole rings is 1. The number of aromatic nitrogens is 2. The van der Waals surface area contributed by atoms with Crippen molar-refractivity contribution >= 4 is 28.3 Å². The summed E-state index contributed by atoms with van der Waals surface area (Å²) in [5, 5.41) is 5.50. The van der Waals surface area contributed by atoms with Crippen LogP contribution in [0.4, 0.5) is 0 Å². The molecule has 1 unspecified atom stereocenters. The van der Waals surface area contributed by atoms with E-state index in [4.69, 9.17) is 0 Å². The highest BCUT2D eigenvalue weighted by Gasteiger charge is 2.32. The summed E-state index contributed by atoms with van der Waals surface area (Å²) in [6.07, 6.45) is 7.59. The lowest BCUT2D eigenvalue weighted by Crippen LogP contribution is -2.45. The van der Waals surface area contributed by atoms with Crippen LogP contribution < -0.4 is 5.32 Å². The van der Waals surface area contributed by atoms with Gasteiger partial charge in [0.25, 0.3) is 0 Å². The lowest BCUT2D eigenvalue weighted by molar-refractivity contribution is -0.127. The van der Waals surface area contributed by atoms with Crippen molar-refractivity contribution in [2.45, 2.75) is 64.2 Å². The van der Waals surface area contributed by atoms with Gasteiger partial charge in [-0.3, -0.25) is 4.79 Å². The normalized spacial score (nSPS) is 15.0. The summed E-state index contributed by atoms with van der Waals surface area (Å²) in [5.74, 6) is 0.0596. The van der Waals surface area contributed by atoms with E-state index in [9.17, 15) is 4.79 Å². The first-order valence-corrected chi connectivity index (χ1v) is 13.7. The Bertz CT molecular complexity index is 1320. The first-order valence-electron chi connectivity index (χ1n) is 12.8. The number of allylic oxidation sites excluding steroid dienone is 1. The Kier molecular flexibility index (Phi) is 7.52. The second-order valence-corrected chi connectivity index (χ2v) is 10.8. The Balaban J connectivity index is 1.51. The number of benzene rings is 2. The number of para-hydroxylation sites is 2. The summed E-state index contributed by atoms with van der Waals surface area (Å²) in [5.41, 5.74) is 5.05. The maximum absolute atomic E-state index is 14.0. The van der Waals surface area contributed by atoms with Crippen LogP contribution in [-0.2, 0) is 17.9 Å². The molecule has 5 rings (SSSR count). The van der Waals surface area contributed by atoms with E-state index in [0.717, 1.165) is 40.7 Å². The quantitative estimate of drug-likeness (QED) is 0.282. The maximum atomic E-state index is 14.0. The number of thiophene rings is 1. The molecule has 2 aromatic heterocycles. The highest BCUT2D eigenvalue weighted by Crippen LogP contribution is 2.32. The lowest BCUT2D eigenvalue weighted by Gasteiger charge is -2.36. The number of aryl methyl sites for hydroxylation is 1. The molecule has 1 saturated carbocycles. The average Bonchev–Trinajstić information content (AvgIpc) is 3.55. The maximum Gasteiger partial charge on any atom is 0.247 e. The van der Waals surface area contributed by atoms with Gasteiger partial charge in [-0.2, -0.15) is 0 Å². The number of nitrogens with one attached hydrogen (secondary N) is 1. The van der Waals surface area contributed by atoms with Crippen molar-refractivity contribution in [3.8, 4) is 0 Å². The molecule has 1 N–H and O–H groups in total. The Hall–Kier alpha value is -3.38. The average molecular weight is 499 g/mol. The summed E-state index contributed by atoms with van der Waals surface area (Å²) in [7, 11) is 0. The molecular weight excluding hydrogens is 464 g/mol. The van der Waals surface area contributed by atoms with E-state index in [0.29, 0.717) is 13.1 Å². The van der Waals surface area contributed by atoms with Crippen LogP contribution in [0.5, 0.6) is 0 Å². The van der Waals surface area contributed by atoms with Gasteiger partial charge in [-0.1, -0.05) is 68.3 Å². The zero-order valence-corrected chi connectivity index (χ0v) is 21.7. The second kappa shape index (κ2) is 11.1. The highest BCUT2D eigenvalue weighted by molar-refractivity contribution is 7.09. The molecule has 186 valence electrons. The molecule has 0 aliphatic heterocycles. The number of hydrogen-bond acceptors (Lipinski definition) is 4. The fourth-order valence-electron chi connectivity index (χ4n) is 5.25. The Morgan fingerprint density at radius 1 is 1.11 bits per heavy atom. The third kappa shape index (κ3) is 5.39. The number of amides is 1. The zero-order chi connectivity index (χ0) is 24.9. The third-order valence-corrected chi connectivity index (χ3v) is 8.05. The molecule has 5 nitrogen and oxygen atoms in total. The Labute approximate surface area is 217 Å². The van der Waals surface area contributed by atoms with E-state index in [1.54, 1.807) is 11.3 Å². The van der Waals surface area contributed by atoms with Gasteiger partial charge in [-0.25, -0.2) is 4.98 Å².